The van der Waals surface area contributed by atoms with E-state index in [0.717, 1.165) is 0 Å². The van der Waals surface area contributed by atoms with Gasteiger partial charge in [0, 0.05) is 11.3 Å². The van der Waals surface area contributed by atoms with E-state index >= 15 is 0 Å². The Morgan fingerprint density at radius 2 is 1.60 bits per heavy atom. The lowest BCUT2D eigenvalue weighted by Gasteiger charge is -2.24. The quantitative estimate of drug-likeness (QED) is 0.351. The fourth-order valence-corrected chi connectivity index (χ4v) is 5.72. The first-order valence-electron chi connectivity index (χ1n) is 10.7. The molecule has 0 bridgehead atoms. The number of rotatable bonds is 11. The number of methoxy groups -OCH3 is 1. The summed E-state index contributed by atoms with van der Waals surface area (Å²) in [5.41, 5.74) is 1.52. The molecule has 0 aliphatic carbocycles. The SMILES string of the molecule is CCS[C@H](c1ccccc1)[C@@H](NS(=O)(=O)c1ccc(NC(=O)c2ccc(OC)cc2)cc1)C(=O)O. The van der Waals surface area contributed by atoms with Crippen LogP contribution >= 0.6 is 11.8 Å². The molecule has 0 saturated heterocycles. The number of anilines is 1. The Bertz CT molecular complexity index is 1250. The lowest BCUT2D eigenvalue weighted by molar-refractivity contribution is -0.139. The average molecular weight is 515 g/mol. The van der Waals surface area contributed by atoms with Crippen LogP contribution in [0.25, 0.3) is 0 Å². The molecule has 10 heteroatoms. The van der Waals surface area contributed by atoms with Gasteiger partial charge in [-0.25, -0.2) is 8.42 Å². The molecule has 3 rings (SSSR count). The number of nitrogens with one attached hydrogen (secondary N) is 2. The van der Waals surface area contributed by atoms with Crippen LogP contribution in [-0.2, 0) is 14.8 Å². The van der Waals surface area contributed by atoms with E-state index in [-0.39, 0.29) is 10.8 Å². The van der Waals surface area contributed by atoms with Gasteiger partial charge >= 0.3 is 5.97 Å². The van der Waals surface area contributed by atoms with Crippen molar-refractivity contribution in [2.45, 2.75) is 23.1 Å². The lowest BCUT2D eigenvalue weighted by atomic mass is 10.1. The second kappa shape index (κ2) is 11.9. The highest BCUT2D eigenvalue weighted by molar-refractivity contribution is 7.99. The van der Waals surface area contributed by atoms with Gasteiger partial charge in [0.2, 0.25) is 10.0 Å². The molecule has 0 aliphatic heterocycles. The van der Waals surface area contributed by atoms with E-state index < -0.39 is 27.3 Å². The molecule has 0 unspecified atom stereocenters. The van der Waals surface area contributed by atoms with Crippen LogP contribution in [0.15, 0.2) is 83.8 Å². The molecule has 0 radical (unpaired) electrons. The minimum Gasteiger partial charge on any atom is -0.497 e. The third kappa shape index (κ3) is 6.84. The number of amides is 1. The Balaban J connectivity index is 1.76. The zero-order valence-electron chi connectivity index (χ0n) is 19.2. The van der Waals surface area contributed by atoms with Gasteiger partial charge in [0.15, 0.2) is 0 Å². The number of carbonyl (C=O) groups excluding carboxylic acids is 1. The summed E-state index contributed by atoms with van der Waals surface area (Å²) in [7, 11) is -2.62. The molecule has 0 heterocycles. The Labute approximate surface area is 208 Å². The molecule has 2 atom stereocenters. The highest BCUT2D eigenvalue weighted by Crippen LogP contribution is 2.33. The number of hydrogen-bond acceptors (Lipinski definition) is 6. The molecule has 3 aromatic rings. The number of carbonyl (C=O) groups is 2. The topological polar surface area (TPSA) is 122 Å². The zero-order chi connectivity index (χ0) is 25.4. The summed E-state index contributed by atoms with van der Waals surface area (Å²) in [5.74, 6) is -0.412. The molecule has 1 amide bonds. The van der Waals surface area contributed by atoms with E-state index in [1.165, 1.54) is 43.1 Å². The predicted molar refractivity (Wildman–Crippen MR) is 136 cm³/mol. The van der Waals surface area contributed by atoms with Crippen LogP contribution < -0.4 is 14.8 Å². The Kier molecular flexibility index (Phi) is 8.91. The minimum absolute atomic E-state index is 0.112. The van der Waals surface area contributed by atoms with Crippen molar-refractivity contribution in [2.75, 3.05) is 18.2 Å². The maximum Gasteiger partial charge on any atom is 0.323 e. The van der Waals surface area contributed by atoms with Crippen LogP contribution in [-0.4, -0.2) is 44.3 Å². The van der Waals surface area contributed by atoms with Crippen molar-refractivity contribution in [1.29, 1.82) is 0 Å². The first kappa shape index (κ1) is 26.3. The molecule has 0 saturated carbocycles. The summed E-state index contributed by atoms with van der Waals surface area (Å²) in [6.45, 7) is 1.88. The molecule has 0 aromatic heterocycles. The van der Waals surface area contributed by atoms with Crippen LogP contribution in [0.1, 0.15) is 28.1 Å². The van der Waals surface area contributed by atoms with Crippen molar-refractivity contribution in [3.63, 3.8) is 0 Å². The van der Waals surface area contributed by atoms with E-state index in [1.807, 2.05) is 13.0 Å². The molecule has 184 valence electrons. The molecular formula is C25H26N2O6S2. The smallest absolute Gasteiger partial charge is 0.323 e. The van der Waals surface area contributed by atoms with Crippen LogP contribution in [0.3, 0.4) is 0 Å². The first-order chi connectivity index (χ1) is 16.7. The van der Waals surface area contributed by atoms with Gasteiger partial charge in [-0.2, -0.15) is 16.5 Å². The minimum atomic E-state index is -4.15. The molecule has 35 heavy (non-hydrogen) atoms. The highest BCUT2D eigenvalue weighted by Gasteiger charge is 2.34. The molecular weight excluding hydrogens is 488 g/mol. The molecule has 0 aliphatic rings. The Morgan fingerprint density at radius 3 is 2.14 bits per heavy atom. The molecule has 0 spiro atoms. The summed E-state index contributed by atoms with van der Waals surface area (Å²) in [6, 6.07) is 19.6. The monoisotopic (exact) mass is 514 g/mol. The van der Waals surface area contributed by atoms with Gasteiger partial charge in [-0.15, -0.1) is 0 Å². The Hall–Kier alpha value is -3.34. The van der Waals surface area contributed by atoms with Crippen molar-refractivity contribution in [3.8, 4) is 5.75 Å². The Morgan fingerprint density at radius 1 is 0.971 bits per heavy atom. The summed E-state index contributed by atoms with van der Waals surface area (Å²) in [4.78, 5) is 24.4. The molecule has 8 nitrogen and oxygen atoms in total. The second-order valence-corrected chi connectivity index (χ2v) is 10.6. The number of benzene rings is 3. The van der Waals surface area contributed by atoms with Crippen LogP contribution in [0.4, 0.5) is 5.69 Å². The van der Waals surface area contributed by atoms with Crippen molar-refractivity contribution in [3.05, 3.63) is 90.0 Å². The van der Waals surface area contributed by atoms with Gasteiger partial charge < -0.3 is 15.2 Å². The third-order valence-corrected chi connectivity index (χ3v) is 7.79. The maximum absolute atomic E-state index is 13.0. The van der Waals surface area contributed by atoms with E-state index in [4.69, 9.17) is 4.74 Å². The predicted octanol–water partition coefficient (Wildman–Crippen LogP) is 4.17. The van der Waals surface area contributed by atoms with Crippen molar-refractivity contribution >= 4 is 39.3 Å². The average Bonchev–Trinajstić information content (AvgIpc) is 2.87. The molecule has 3 aromatic carbocycles. The van der Waals surface area contributed by atoms with Crippen LogP contribution in [0.2, 0.25) is 0 Å². The summed E-state index contributed by atoms with van der Waals surface area (Å²) in [6.07, 6.45) is 0. The number of ether oxygens (including phenoxy) is 1. The summed E-state index contributed by atoms with van der Waals surface area (Å²) in [5, 5.41) is 11.9. The van der Waals surface area contributed by atoms with E-state index in [9.17, 15) is 23.1 Å². The number of carboxylic acids is 1. The van der Waals surface area contributed by atoms with Gasteiger partial charge in [0.25, 0.3) is 5.91 Å². The summed E-state index contributed by atoms with van der Waals surface area (Å²) < 4.78 is 33.5. The molecule has 3 N–H and O–H groups in total. The maximum atomic E-state index is 13.0. The fraction of sp³-hybridized carbons (Fsp3) is 0.200. The number of thioether (sulfide) groups is 1. The second-order valence-electron chi connectivity index (χ2n) is 7.43. The van der Waals surface area contributed by atoms with Gasteiger partial charge in [0.1, 0.15) is 11.8 Å². The van der Waals surface area contributed by atoms with Gasteiger partial charge in [-0.3, -0.25) is 9.59 Å². The van der Waals surface area contributed by atoms with E-state index in [0.29, 0.717) is 28.3 Å². The summed E-state index contributed by atoms with van der Waals surface area (Å²) >= 11 is 1.35. The van der Waals surface area contributed by atoms with Crippen LogP contribution in [0.5, 0.6) is 5.75 Å². The number of carboxylic acid groups (broad SMARTS) is 1. The first-order valence-corrected chi connectivity index (χ1v) is 13.3. The zero-order valence-corrected chi connectivity index (χ0v) is 20.8. The van der Waals surface area contributed by atoms with Gasteiger partial charge in [-0.05, 0) is 59.8 Å². The largest absolute Gasteiger partial charge is 0.497 e. The molecule has 0 fully saturated rings. The lowest BCUT2D eigenvalue weighted by Crippen LogP contribution is -2.44. The van der Waals surface area contributed by atoms with Crippen LogP contribution in [0, 0.1) is 0 Å². The van der Waals surface area contributed by atoms with Crippen molar-refractivity contribution < 1.29 is 27.9 Å². The van der Waals surface area contributed by atoms with Crippen molar-refractivity contribution in [1.82, 2.24) is 4.72 Å². The number of hydrogen-bond donors (Lipinski definition) is 3. The normalized spacial score (nSPS) is 13.0. The van der Waals surface area contributed by atoms with E-state index in [1.54, 1.807) is 48.5 Å². The van der Waals surface area contributed by atoms with E-state index in [2.05, 4.69) is 10.0 Å². The van der Waals surface area contributed by atoms with Crippen molar-refractivity contribution in [2.24, 2.45) is 0 Å². The standard InChI is InChI=1S/C25H26N2O6S2/c1-3-34-23(17-7-5-4-6-8-17)22(25(29)30)27-35(31,32)21-15-11-19(12-16-21)26-24(28)18-9-13-20(33-2)14-10-18/h4-16,22-23,27H,3H2,1-2H3,(H,26,28)(H,29,30)/t22-,23-/m1/s1. The fourth-order valence-electron chi connectivity index (χ4n) is 3.35. The van der Waals surface area contributed by atoms with Gasteiger partial charge in [-0.1, -0.05) is 37.3 Å². The number of aliphatic carboxylic acids is 1. The number of sulfonamides is 1. The third-order valence-electron chi connectivity index (χ3n) is 5.10. The van der Waals surface area contributed by atoms with Gasteiger partial charge in [0.05, 0.1) is 17.3 Å². The highest BCUT2D eigenvalue weighted by atomic mass is 32.2.